The van der Waals surface area contributed by atoms with Crippen LogP contribution in [0.5, 0.6) is 0 Å². The predicted octanol–water partition coefficient (Wildman–Crippen LogP) is 3.92. The minimum absolute atomic E-state index is 0.0838. The molecule has 1 rings (SSSR count). The van der Waals surface area contributed by atoms with Crippen LogP contribution in [0.4, 0.5) is 0 Å². The molecule has 0 fully saturated rings. The second-order valence-electron chi connectivity index (χ2n) is 6.17. The molecule has 3 nitrogen and oxygen atoms in total. The summed E-state index contributed by atoms with van der Waals surface area (Å²) in [5.74, 6) is -0.107. The zero-order valence-corrected chi connectivity index (χ0v) is 13.6. The van der Waals surface area contributed by atoms with E-state index < -0.39 is 8.07 Å². The van der Waals surface area contributed by atoms with Crippen molar-refractivity contribution in [3.05, 3.63) is 35.9 Å². The molecule has 0 aliphatic heterocycles. The van der Waals surface area contributed by atoms with Gasteiger partial charge in [0.1, 0.15) is 0 Å². The first-order valence-electron chi connectivity index (χ1n) is 7.12. The van der Waals surface area contributed by atoms with Crippen molar-refractivity contribution in [1.82, 2.24) is 0 Å². The lowest BCUT2D eigenvalue weighted by Crippen LogP contribution is -2.22. The Morgan fingerprint density at radius 2 is 1.70 bits per heavy atom. The van der Waals surface area contributed by atoms with Gasteiger partial charge >= 0.3 is 5.97 Å². The van der Waals surface area contributed by atoms with Gasteiger partial charge in [0.05, 0.1) is 6.61 Å². The van der Waals surface area contributed by atoms with Crippen LogP contribution in [0.25, 0.3) is 0 Å². The molecule has 20 heavy (non-hydrogen) atoms. The third-order valence-corrected chi connectivity index (χ3v) is 4.70. The van der Waals surface area contributed by atoms with Gasteiger partial charge in [-0.3, -0.25) is 9.59 Å². The molecule has 4 heteroatoms. The number of carbonyl (C=O) groups excluding carboxylic acids is 2. The number of ether oxygens (including phenoxy) is 1. The summed E-state index contributed by atoms with van der Waals surface area (Å²) in [4.78, 5) is 23.4. The van der Waals surface area contributed by atoms with Crippen molar-refractivity contribution in [3.8, 4) is 0 Å². The van der Waals surface area contributed by atoms with Crippen LogP contribution in [-0.4, -0.2) is 26.4 Å². The molecular weight excluding hydrogens is 268 g/mol. The zero-order chi connectivity index (χ0) is 15.0. The number of ketones is 1. The standard InChI is InChI=1S/C16H24O3Si/c1-20(2,3)13-12-19-16(18)11-7-10-15(17)14-8-5-4-6-9-14/h4-6,8-9H,7,10-13H2,1-3H3. The Hall–Kier alpha value is -1.42. The molecule has 110 valence electrons. The van der Waals surface area contributed by atoms with Gasteiger partial charge < -0.3 is 4.74 Å². The van der Waals surface area contributed by atoms with Gasteiger partial charge in [-0.15, -0.1) is 0 Å². The van der Waals surface area contributed by atoms with Gasteiger partial charge in [-0.25, -0.2) is 0 Å². The Balaban J connectivity index is 2.18. The van der Waals surface area contributed by atoms with Crippen LogP contribution in [0.1, 0.15) is 29.6 Å². The van der Waals surface area contributed by atoms with Gasteiger partial charge in [-0.2, -0.15) is 0 Å². The first kappa shape index (κ1) is 16.6. The minimum Gasteiger partial charge on any atom is -0.466 e. The molecule has 0 saturated carbocycles. The van der Waals surface area contributed by atoms with E-state index in [2.05, 4.69) is 19.6 Å². The third-order valence-electron chi connectivity index (χ3n) is 3.00. The van der Waals surface area contributed by atoms with Crippen molar-refractivity contribution in [2.45, 2.75) is 44.9 Å². The number of benzene rings is 1. The molecule has 0 bridgehead atoms. The Morgan fingerprint density at radius 1 is 1.05 bits per heavy atom. The number of hydrogen-bond acceptors (Lipinski definition) is 3. The average molecular weight is 292 g/mol. The topological polar surface area (TPSA) is 43.4 Å². The first-order chi connectivity index (χ1) is 9.38. The fourth-order valence-electron chi connectivity index (χ4n) is 1.70. The van der Waals surface area contributed by atoms with Crippen LogP contribution in [-0.2, 0) is 9.53 Å². The largest absolute Gasteiger partial charge is 0.466 e. The van der Waals surface area contributed by atoms with Gasteiger partial charge in [0.25, 0.3) is 0 Å². The zero-order valence-electron chi connectivity index (χ0n) is 12.6. The summed E-state index contributed by atoms with van der Waals surface area (Å²) in [6.45, 7) is 7.26. The van der Waals surface area contributed by atoms with Gasteiger partial charge in [0.15, 0.2) is 5.78 Å². The van der Waals surface area contributed by atoms with E-state index in [1.165, 1.54) is 0 Å². The summed E-state index contributed by atoms with van der Waals surface area (Å²) in [5.41, 5.74) is 0.708. The molecule has 0 aliphatic carbocycles. The summed E-state index contributed by atoms with van der Waals surface area (Å²) in [5, 5.41) is 0. The predicted molar refractivity (Wildman–Crippen MR) is 83.7 cm³/mol. The molecule has 0 aromatic heterocycles. The number of esters is 1. The van der Waals surface area contributed by atoms with Crippen LogP contribution >= 0.6 is 0 Å². The second-order valence-corrected chi connectivity index (χ2v) is 11.8. The fourth-order valence-corrected chi connectivity index (χ4v) is 2.42. The molecule has 0 N–H and O–H groups in total. The Bertz CT molecular complexity index is 435. The number of rotatable bonds is 8. The maximum Gasteiger partial charge on any atom is 0.305 e. The van der Waals surface area contributed by atoms with E-state index in [1.54, 1.807) is 12.1 Å². The van der Waals surface area contributed by atoms with Crippen LogP contribution in [0.2, 0.25) is 25.7 Å². The highest BCUT2D eigenvalue weighted by atomic mass is 28.3. The van der Waals surface area contributed by atoms with Crippen molar-refractivity contribution in [2.75, 3.05) is 6.61 Å². The smallest absolute Gasteiger partial charge is 0.305 e. The molecule has 0 unspecified atom stereocenters. The Morgan fingerprint density at radius 3 is 2.30 bits per heavy atom. The first-order valence-corrected chi connectivity index (χ1v) is 10.8. The molecule has 1 aromatic carbocycles. The number of hydrogen-bond donors (Lipinski definition) is 0. The van der Waals surface area contributed by atoms with E-state index in [1.807, 2.05) is 18.2 Å². The molecule has 0 saturated heterocycles. The van der Waals surface area contributed by atoms with Crippen molar-refractivity contribution >= 4 is 19.8 Å². The lowest BCUT2D eigenvalue weighted by atomic mass is 10.1. The van der Waals surface area contributed by atoms with E-state index in [0.29, 0.717) is 31.4 Å². The van der Waals surface area contributed by atoms with Crippen LogP contribution in [0.3, 0.4) is 0 Å². The van der Waals surface area contributed by atoms with E-state index in [-0.39, 0.29) is 11.8 Å². The lowest BCUT2D eigenvalue weighted by molar-refractivity contribution is -0.143. The van der Waals surface area contributed by atoms with Crippen molar-refractivity contribution in [1.29, 1.82) is 0 Å². The number of Topliss-reactive ketones (excluding diaryl/α,β-unsaturated/α-hetero) is 1. The maximum atomic E-state index is 11.8. The second kappa shape index (κ2) is 8.00. The van der Waals surface area contributed by atoms with Crippen molar-refractivity contribution in [3.63, 3.8) is 0 Å². The molecule has 0 amide bonds. The molecule has 0 atom stereocenters. The molecule has 0 heterocycles. The summed E-state index contributed by atoms with van der Waals surface area (Å²) in [6, 6.07) is 10.2. The third kappa shape index (κ3) is 7.24. The number of carbonyl (C=O) groups is 2. The summed E-state index contributed by atoms with van der Waals surface area (Å²) < 4.78 is 5.19. The maximum absolute atomic E-state index is 11.8. The van der Waals surface area contributed by atoms with Gasteiger partial charge in [0, 0.05) is 26.5 Å². The van der Waals surface area contributed by atoms with Crippen molar-refractivity contribution in [2.24, 2.45) is 0 Å². The van der Waals surface area contributed by atoms with Gasteiger partial charge in [-0.05, 0) is 12.5 Å². The summed E-state index contributed by atoms with van der Waals surface area (Å²) in [7, 11) is -1.15. The SMILES string of the molecule is C[Si](C)(C)CCOC(=O)CCCC(=O)c1ccccc1. The van der Waals surface area contributed by atoms with E-state index in [9.17, 15) is 9.59 Å². The van der Waals surface area contributed by atoms with E-state index >= 15 is 0 Å². The highest BCUT2D eigenvalue weighted by Gasteiger charge is 2.14. The molecular formula is C16H24O3Si. The van der Waals surface area contributed by atoms with E-state index in [0.717, 1.165) is 6.04 Å². The molecule has 0 radical (unpaired) electrons. The monoisotopic (exact) mass is 292 g/mol. The highest BCUT2D eigenvalue weighted by molar-refractivity contribution is 6.76. The normalized spacial score (nSPS) is 11.2. The highest BCUT2D eigenvalue weighted by Crippen LogP contribution is 2.10. The molecule has 0 spiro atoms. The molecule has 0 aliphatic rings. The minimum atomic E-state index is -1.15. The quantitative estimate of drug-likeness (QED) is 0.414. The fraction of sp³-hybridized carbons (Fsp3) is 0.500. The van der Waals surface area contributed by atoms with Crippen LogP contribution < -0.4 is 0 Å². The van der Waals surface area contributed by atoms with Crippen molar-refractivity contribution < 1.29 is 14.3 Å². The lowest BCUT2D eigenvalue weighted by Gasteiger charge is -2.15. The van der Waals surface area contributed by atoms with Crippen LogP contribution in [0.15, 0.2) is 30.3 Å². The Labute approximate surface area is 122 Å². The van der Waals surface area contributed by atoms with Gasteiger partial charge in [0.2, 0.25) is 0 Å². The van der Waals surface area contributed by atoms with Gasteiger partial charge in [-0.1, -0.05) is 50.0 Å². The Kier molecular flexibility index (Phi) is 6.65. The van der Waals surface area contributed by atoms with Crippen LogP contribution in [0, 0.1) is 0 Å². The van der Waals surface area contributed by atoms with E-state index in [4.69, 9.17) is 4.74 Å². The average Bonchev–Trinajstić information content (AvgIpc) is 2.38. The summed E-state index contributed by atoms with van der Waals surface area (Å²) in [6.07, 6.45) is 1.27. The molecule has 1 aromatic rings. The summed E-state index contributed by atoms with van der Waals surface area (Å²) >= 11 is 0.